The van der Waals surface area contributed by atoms with Crippen LogP contribution in [-0.4, -0.2) is 30.9 Å². The molecule has 0 spiro atoms. The smallest absolute Gasteiger partial charge is 0.193 e. The normalized spacial score (nSPS) is 21.0. The first kappa shape index (κ1) is 17.5. The van der Waals surface area contributed by atoms with Crippen LogP contribution >= 0.6 is 11.6 Å². The number of halogens is 1. The summed E-state index contributed by atoms with van der Waals surface area (Å²) >= 11 is 6.10. The largest absolute Gasteiger partial charge is 0.490 e. The fraction of sp³-hybridized carbons (Fsp3) is 0.381. The summed E-state index contributed by atoms with van der Waals surface area (Å²) in [5.41, 5.74) is 3.36. The summed E-state index contributed by atoms with van der Waals surface area (Å²) in [5.74, 6) is 0.192. The molecule has 1 saturated heterocycles. The van der Waals surface area contributed by atoms with E-state index in [2.05, 4.69) is 0 Å². The average molecular weight is 373 g/mol. The number of hydrogen-bond acceptors (Lipinski definition) is 4. The minimum Gasteiger partial charge on any atom is -0.490 e. The molecule has 26 heavy (non-hydrogen) atoms. The number of aryl methyl sites for hydroxylation is 1. The molecule has 2 aromatic rings. The van der Waals surface area contributed by atoms with Gasteiger partial charge in [0.2, 0.25) is 0 Å². The summed E-state index contributed by atoms with van der Waals surface area (Å²) in [6.07, 6.45) is 1.38. The van der Waals surface area contributed by atoms with Gasteiger partial charge in [-0.3, -0.25) is 4.79 Å². The number of ketones is 1. The molecule has 1 aliphatic carbocycles. The van der Waals surface area contributed by atoms with E-state index in [1.807, 2.05) is 44.2 Å². The summed E-state index contributed by atoms with van der Waals surface area (Å²) in [6.45, 7) is 4.68. The maximum atomic E-state index is 13.0. The topological polar surface area (TPSA) is 44.8 Å². The highest BCUT2D eigenvalue weighted by Gasteiger charge is 2.33. The Morgan fingerprint density at radius 3 is 2.81 bits per heavy atom. The highest BCUT2D eigenvalue weighted by Crippen LogP contribution is 2.32. The lowest BCUT2D eigenvalue weighted by molar-refractivity contribution is -0.141. The van der Waals surface area contributed by atoms with E-state index < -0.39 is 5.79 Å². The van der Waals surface area contributed by atoms with Crippen LogP contribution < -0.4 is 4.74 Å². The van der Waals surface area contributed by atoms with Crippen LogP contribution in [0.25, 0.3) is 0 Å². The van der Waals surface area contributed by atoms with Crippen molar-refractivity contribution in [2.45, 2.75) is 38.6 Å². The predicted octanol–water partition coefficient (Wildman–Crippen LogP) is 4.20. The van der Waals surface area contributed by atoms with Gasteiger partial charge in [-0.25, -0.2) is 0 Å². The molecule has 0 aromatic heterocycles. The van der Waals surface area contributed by atoms with E-state index in [-0.39, 0.29) is 11.9 Å². The van der Waals surface area contributed by atoms with Crippen LogP contribution in [0.4, 0.5) is 0 Å². The average Bonchev–Trinajstić information content (AvgIpc) is 2.89. The number of ether oxygens (including phenoxy) is 3. The van der Waals surface area contributed by atoms with Gasteiger partial charge in [-0.15, -0.1) is 0 Å². The molecule has 0 saturated carbocycles. The van der Waals surface area contributed by atoms with Gasteiger partial charge in [0.25, 0.3) is 0 Å². The number of benzene rings is 2. The zero-order valence-electron chi connectivity index (χ0n) is 14.9. The molecule has 0 amide bonds. The number of hydrogen-bond donors (Lipinski definition) is 0. The Morgan fingerprint density at radius 2 is 2.04 bits per heavy atom. The van der Waals surface area contributed by atoms with Crippen LogP contribution in [0.2, 0.25) is 5.02 Å². The van der Waals surface area contributed by atoms with Crippen LogP contribution in [-0.2, 0) is 22.3 Å². The SMILES string of the molecule is CC1(C)OC[C@H](COc2cccc3c2CCc2cc(Cl)ccc2C3=O)O1. The van der Waals surface area contributed by atoms with Crippen molar-refractivity contribution >= 4 is 17.4 Å². The van der Waals surface area contributed by atoms with Crippen molar-refractivity contribution in [3.63, 3.8) is 0 Å². The molecule has 4 rings (SSSR count). The lowest BCUT2D eigenvalue weighted by Crippen LogP contribution is -2.25. The molecular weight excluding hydrogens is 352 g/mol. The minimum absolute atomic E-state index is 0.0243. The van der Waals surface area contributed by atoms with E-state index in [0.29, 0.717) is 23.8 Å². The minimum atomic E-state index is -0.571. The molecule has 1 heterocycles. The zero-order chi connectivity index (χ0) is 18.3. The summed E-state index contributed by atoms with van der Waals surface area (Å²) in [7, 11) is 0. The molecule has 0 radical (unpaired) electrons. The van der Waals surface area contributed by atoms with Gasteiger partial charge in [0.15, 0.2) is 11.6 Å². The van der Waals surface area contributed by atoms with Crippen LogP contribution in [0.5, 0.6) is 5.75 Å². The quantitative estimate of drug-likeness (QED) is 0.810. The van der Waals surface area contributed by atoms with Crippen molar-refractivity contribution in [3.8, 4) is 5.75 Å². The number of fused-ring (bicyclic) bond motifs is 2. The number of rotatable bonds is 3. The van der Waals surface area contributed by atoms with E-state index in [1.54, 1.807) is 6.07 Å². The fourth-order valence-corrected chi connectivity index (χ4v) is 3.79. The van der Waals surface area contributed by atoms with Crippen molar-refractivity contribution in [1.82, 2.24) is 0 Å². The molecule has 2 aromatic carbocycles. The lowest BCUT2D eigenvalue weighted by atomic mass is 9.98. The molecule has 4 nitrogen and oxygen atoms in total. The van der Waals surface area contributed by atoms with Crippen LogP contribution in [0.3, 0.4) is 0 Å². The molecule has 2 aliphatic rings. The molecule has 1 atom stereocenters. The van der Waals surface area contributed by atoms with E-state index in [9.17, 15) is 4.79 Å². The predicted molar refractivity (Wildman–Crippen MR) is 99.1 cm³/mol. The third-order valence-electron chi connectivity index (χ3n) is 4.83. The highest BCUT2D eigenvalue weighted by atomic mass is 35.5. The van der Waals surface area contributed by atoms with E-state index >= 15 is 0 Å². The third-order valence-corrected chi connectivity index (χ3v) is 5.06. The lowest BCUT2D eigenvalue weighted by Gasteiger charge is -2.18. The van der Waals surface area contributed by atoms with Gasteiger partial charge in [0.05, 0.1) is 6.61 Å². The second-order valence-corrected chi connectivity index (χ2v) is 7.61. The standard InChI is InChI=1S/C21H21ClO4/c1-21(2)25-12-15(26-21)11-24-19-5-3-4-18-17(19)8-6-13-10-14(22)7-9-16(13)20(18)23/h3-5,7,9-10,15H,6,8,11-12H2,1-2H3/t15-/m0/s1. The molecule has 5 heteroatoms. The number of carbonyl (C=O) groups excluding carboxylic acids is 1. The Kier molecular flexibility index (Phi) is 4.51. The van der Waals surface area contributed by atoms with E-state index in [0.717, 1.165) is 35.3 Å². The Hall–Kier alpha value is -1.88. The molecule has 136 valence electrons. The maximum Gasteiger partial charge on any atom is 0.193 e. The fourth-order valence-electron chi connectivity index (χ4n) is 3.59. The van der Waals surface area contributed by atoms with Crippen molar-refractivity contribution in [3.05, 3.63) is 63.7 Å². The molecule has 1 fully saturated rings. The summed E-state index contributed by atoms with van der Waals surface area (Å²) < 4.78 is 17.4. The Balaban J connectivity index is 1.58. The van der Waals surface area contributed by atoms with Crippen molar-refractivity contribution in [2.75, 3.05) is 13.2 Å². The Bertz CT molecular complexity index is 859. The summed E-state index contributed by atoms with van der Waals surface area (Å²) in [5, 5.41) is 0.653. The second kappa shape index (κ2) is 6.69. The van der Waals surface area contributed by atoms with E-state index in [1.165, 1.54) is 0 Å². The van der Waals surface area contributed by atoms with Gasteiger partial charge in [-0.2, -0.15) is 0 Å². The van der Waals surface area contributed by atoms with Crippen LogP contribution in [0.1, 0.15) is 40.9 Å². The Morgan fingerprint density at radius 1 is 1.19 bits per heavy atom. The molecule has 0 N–H and O–H groups in total. The van der Waals surface area contributed by atoms with Crippen LogP contribution in [0.15, 0.2) is 36.4 Å². The van der Waals surface area contributed by atoms with Gasteiger partial charge < -0.3 is 14.2 Å². The van der Waals surface area contributed by atoms with Gasteiger partial charge >= 0.3 is 0 Å². The van der Waals surface area contributed by atoms with E-state index in [4.69, 9.17) is 25.8 Å². The van der Waals surface area contributed by atoms with Gasteiger partial charge in [0.1, 0.15) is 18.5 Å². The van der Waals surface area contributed by atoms with Crippen molar-refractivity contribution < 1.29 is 19.0 Å². The summed E-state index contributed by atoms with van der Waals surface area (Å²) in [4.78, 5) is 13.0. The Labute approximate surface area is 158 Å². The third kappa shape index (κ3) is 3.37. The van der Waals surface area contributed by atoms with Gasteiger partial charge in [0, 0.05) is 21.7 Å². The highest BCUT2D eigenvalue weighted by molar-refractivity contribution is 6.30. The molecule has 0 unspecified atom stereocenters. The van der Waals surface area contributed by atoms with Crippen molar-refractivity contribution in [1.29, 1.82) is 0 Å². The summed E-state index contributed by atoms with van der Waals surface area (Å²) in [6, 6.07) is 11.1. The molecular formula is C21H21ClO4. The molecule has 0 bridgehead atoms. The first-order valence-electron chi connectivity index (χ1n) is 8.82. The van der Waals surface area contributed by atoms with Gasteiger partial charge in [-0.1, -0.05) is 23.7 Å². The zero-order valence-corrected chi connectivity index (χ0v) is 15.6. The molecule has 1 aliphatic heterocycles. The monoisotopic (exact) mass is 372 g/mol. The first-order valence-corrected chi connectivity index (χ1v) is 9.20. The second-order valence-electron chi connectivity index (χ2n) is 7.17. The van der Waals surface area contributed by atoms with Crippen molar-refractivity contribution in [2.24, 2.45) is 0 Å². The maximum absolute atomic E-state index is 13.0. The van der Waals surface area contributed by atoms with Gasteiger partial charge in [-0.05, 0) is 56.5 Å². The number of carbonyl (C=O) groups is 1. The van der Waals surface area contributed by atoms with Crippen LogP contribution in [0, 0.1) is 0 Å². The first-order chi connectivity index (χ1) is 12.4.